The Balaban J connectivity index is 0.00000101. The van der Waals surface area contributed by atoms with Crippen molar-refractivity contribution in [2.24, 2.45) is 17.1 Å². The Labute approximate surface area is 327 Å². The van der Waals surface area contributed by atoms with Crippen molar-refractivity contribution < 1.29 is 69.9 Å². The molecule has 2 aliphatic carbocycles. The summed E-state index contributed by atoms with van der Waals surface area (Å²) in [6.45, 7) is 9.00. The molecule has 1 heterocycles. The van der Waals surface area contributed by atoms with Gasteiger partial charge in [-0.1, -0.05) is 54.6 Å². The first-order valence-corrected chi connectivity index (χ1v) is 18.3. The van der Waals surface area contributed by atoms with E-state index in [-0.39, 0.29) is 56.9 Å². The lowest BCUT2D eigenvalue weighted by molar-refractivity contribution is -0.340. The smallest absolute Gasteiger partial charge is 0.405 e. The number of carbonyl (C=O) groups excluding carboxylic acids is 5. The standard InChI is InChI=1S/C36H42O11.C5H11NO2.H2O.H2/c1-4-24-20-35(43,17-18-44-28(39)16-15-23-11-7-5-8-12-23)32(46-33(42)25-13-9-6-10-14-25)30-34(3,31(41)29(24)40)26(38)19-27-36(30,21-45-27)47-22(2)37;1-5(2,3)8-4(6)7;;/h4-14,26-27,29-30,32,38,40,43H,15-21H2,1-3H3;1-3H3,(H2,6,7);1H2;1H/b24-4-;;;/t26-,27?,29+,30?,32-,34+,35-,36-;;;/m0.../s1. The van der Waals surface area contributed by atoms with Gasteiger partial charge in [-0.25, -0.2) is 9.59 Å². The molecule has 1 aliphatic heterocycles. The van der Waals surface area contributed by atoms with Gasteiger partial charge in [-0.2, -0.15) is 0 Å². The van der Waals surface area contributed by atoms with Crippen molar-refractivity contribution in [3.05, 3.63) is 83.4 Å². The Morgan fingerprint density at radius 3 is 2.14 bits per heavy atom. The summed E-state index contributed by atoms with van der Waals surface area (Å²) in [5, 5.41) is 35.7. The van der Waals surface area contributed by atoms with Gasteiger partial charge in [-0.15, -0.1) is 0 Å². The van der Waals surface area contributed by atoms with E-state index < -0.39 is 82.3 Å². The molecular weight excluding hydrogens is 730 g/mol. The number of ether oxygens (including phenoxy) is 5. The van der Waals surface area contributed by atoms with Crippen LogP contribution in [0.25, 0.3) is 0 Å². The van der Waals surface area contributed by atoms with Crippen molar-refractivity contribution in [3.8, 4) is 0 Å². The van der Waals surface area contributed by atoms with E-state index in [1.165, 1.54) is 32.1 Å². The first-order valence-electron chi connectivity index (χ1n) is 18.3. The van der Waals surface area contributed by atoms with Gasteiger partial charge in [-0.3, -0.25) is 14.4 Å². The predicted molar refractivity (Wildman–Crippen MR) is 203 cm³/mol. The van der Waals surface area contributed by atoms with E-state index in [0.29, 0.717) is 6.42 Å². The number of hydrogen-bond donors (Lipinski definition) is 4. The number of aryl methyl sites for hydroxylation is 1. The Bertz CT molecular complexity index is 1730. The monoisotopic (exact) mass is 787 g/mol. The van der Waals surface area contributed by atoms with Gasteiger partial charge in [0.1, 0.15) is 29.5 Å². The third kappa shape index (κ3) is 10.2. The van der Waals surface area contributed by atoms with Crippen molar-refractivity contribution in [2.45, 2.75) is 115 Å². The summed E-state index contributed by atoms with van der Waals surface area (Å²) in [5.41, 5.74) is -0.0473. The van der Waals surface area contributed by atoms with Crippen molar-refractivity contribution in [2.75, 3.05) is 13.2 Å². The lowest BCUT2D eigenvalue weighted by Crippen LogP contribution is -2.80. The maximum absolute atomic E-state index is 14.2. The van der Waals surface area contributed by atoms with E-state index in [2.05, 4.69) is 4.74 Å². The zero-order chi connectivity index (χ0) is 40.8. The lowest BCUT2D eigenvalue weighted by atomic mass is 9.49. The molecule has 7 N–H and O–H groups in total. The largest absolute Gasteiger partial charge is 0.466 e. The summed E-state index contributed by atoms with van der Waals surface area (Å²) in [6.07, 6.45) is -5.10. The number of hydrogen-bond acceptors (Lipinski definition) is 13. The van der Waals surface area contributed by atoms with E-state index in [1.807, 2.05) is 30.3 Å². The van der Waals surface area contributed by atoms with Gasteiger partial charge in [0.15, 0.2) is 11.4 Å². The molecule has 1 saturated heterocycles. The first kappa shape index (κ1) is 45.7. The highest BCUT2D eigenvalue weighted by atomic mass is 16.6. The van der Waals surface area contributed by atoms with Gasteiger partial charge in [0, 0.05) is 34.0 Å². The van der Waals surface area contributed by atoms with Gasteiger partial charge in [0.25, 0.3) is 0 Å². The molecule has 2 aromatic rings. The second-order valence-electron chi connectivity index (χ2n) is 15.5. The normalized spacial score (nSPS) is 30.2. The van der Waals surface area contributed by atoms with E-state index >= 15 is 0 Å². The fourth-order valence-electron chi connectivity index (χ4n) is 7.76. The molecular formula is C41H57NO14. The Morgan fingerprint density at radius 2 is 1.64 bits per heavy atom. The average Bonchev–Trinajstić information content (AvgIpc) is 3.12. The first-order chi connectivity index (χ1) is 25.8. The minimum Gasteiger partial charge on any atom is -0.466 e. The highest BCUT2D eigenvalue weighted by Gasteiger charge is 2.75. The van der Waals surface area contributed by atoms with E-state index in [1.54, 1.807) is 45.9 Å². The second-order valence-corrected chi connectivity index (χ2v) is 15.5. The molecule has 15 nitrogen and oxygen atoms in total. The van der Waals surface area contributed by atoms with E-state index in [9.17, 15) is 39.3 Å². The average molecular weight is 788 g/mol. The van der Waals surface area contributed by atoms with Crippen LogP contribution in [0.3, 0.4) is 0 Å². The summed E-state index contributed by atoms with van der Waals surface area (Å²) >= 11 is 0. The molecule has 3 fully saturated rings. The van der Waals surface area contributed by atoms with Crippen LogP contribution < -0.4 is 5.73 Å². The van der Waals surface area contributed by atoms with Crippen LogP contribution in [-0.4, -0.2) is 105 Å². The predicted octanol–water partition coefficient (Wildman–Crippen LogP) is 3.18. The zero-order valence-corrected chi connectivity index (χ0v) is 32.7. The zero-order valence-electron chi connectivity index (χ0n) is 32.7. The molecule has 8 atom stereocenters. The van der Waals surface area contributed by atoms with Gasteiger partial charge < -0.3 is 50.2 Å². The Morgan fingerprint density at radius 1 is 1.04 bits per heavy atom. The number of carbonyl (C=O) groups is 5. The van der Waals surface area contributed by atoms with Crippen LogP contribution in [0.15, 0.2) is 72.3 Å². The number of allylic oxidation sites excluding steroid dienone is 1. The van der Waals surface area contributed by atoms with Gasteiger partial charge >= 0.3 is 24.0 Å². The molecule has 3 aliphatic rings. The lowest BCUT2D eigenvalue weighted by Gasteiger charge is -2.64. The minimum absolute atomic E-state index is 0. The number of aliphatic hydroxyl groups excluding tert-OH is 2. The molecule has 56 heavy (non-hydrogen) atoms. The van der Waals surface area contributed by atoms with Crippen LogP contribution in [0.5, 0.6) is 0 Å². The molecule has 0 spiro atoms. The van der Waals surface area contributed by atoms with E-state index in [4.69, 9.17) is 24.7 Å². The molecule has 2 unspecified atom stereocenters. The van der Waals surface area contributed by atoms with Gasteiger partial charge in [0.05, 0.1) is 36.2 Å². The molecule has 2 aromatic carbocycles. The Kier molecular flexibility index (Phi) is 15.1. The van der Waals surface area contributed by atoms with Gasteiger partial charge in [-0.05, 0) is 64.3 Å². The number of amides is 1. The van der Waals surface area contributed by atoms with Gasteiger partial charge in [0.2, 0.25) is 0 Å². The third-order valence-corrected chi connectivity index (χ3v) is 10.4. The summed E-state index contributed by atoms with van der Waals surface area (Å²) in [7, 11) is 0. The maximum Gasteiger partial charge on any atom is 0.405 e. The fraction of sp³-hybridized carbons (Fsp3) is 0.537. The molecule has 0 aromatic heterocycles. The molecule has 0 radical (unpaired) electrons. The number of ketones is 1. The second kappa shape index (κ2) is 18.5. The van der Waals surface area contributed by atoms with Crippen LogP contribution in [0, 0.1) is 11.3 Å². The minimum atomic E-state index is -2.08. The Hall–Kier alpha value is -4.67. The molecule has 1 amide bonds. The summed E-state index contributed by atoms with van der Waals surface area (Å²) in [4.78, 5) is 63.3. The molecule has 5 rings (SSSR count). The van der Waals surface area contributed by atoms with Crippen LogP contribution in [0.2, 0.25) is 0 Å². The molecule has 0 bridgehead atoms. The topological polar surface area (TPSA) is 250 Å². The number of aliphatic hydroxyl groups is 3. The summed E-state index contributed by atoms with van der Waals surface area (Å²) in [6, 6.07) is 17.5. The van der Waals surface area contributed by atoms with E-state index in [0.717, 1.165) is 5.56 Å². The summed E-state index contributed by atoms with van der Waals surface area (Å²) in [5.74, 6) is -4.18. The molecule has 310 valence electrons. The third-order valence-electron chi connectivity index (χ3n) is 10.4. The van der Waals surface area contributed by atoms with Crippen LogP contribution in [-0.2, 0) is 44.5 Å². The fourth-order valence-corrected chi connectivity index (χ4v) is 7.76. The molecule has 15 heteroatoms. The van der Waals surface area contributed by atoms with Crippen LogP contribution >= 0.6 is 0 Å². The van der Waals surface area contributed by atoms with Crippen molar-refractivity contribution in [3.63, 3.8) is 0 Å². The number of benzene rings is 2. The van der Waals surface area contributed by atoms with Crippen molar-refractivity contribution in [1.29, 1.82) is 0 Å². The number of Topliss-reactive ketones (excluding diaryl/α,β-unsaturated/α-hetero) is 1. The number of esters is 3. The summed E-state index contributed by atoms with van der Waals surface area (Å²) < 4.78 is 27.9. The molecule has 2 saturated carbocycles. The SMILES string of the molecule is C/C=C1/C[C@@](O)(CCOC(=O)CCc2ccccc2)[C@@H](OC(=O)c2ccccc2)C2[C@]3(OC(C)=O)COC3C[C@H](O)[C@@]2(C)C(=O)[C@@H]1O.CC(C)(C)OC(N)=O.O.[HH]. The number of rotatable bonds is 9. The maximum atomic E-state index is 14.2. The highest BCUT2D eigenvalue weighted by molar-refractivity contribution is 5.93. The number of fused-ring (bicyclic) bond motifs is 3. The van der Waals surface area contributed by atoms with Crippen molar-refractivity contribution >= 4 is 29.8 Å². The van der Waals surface area contributed by atoms with Crippen LogP contribution in [0.1, 0.15) is 84.6 Å². The number of primary amides is 1. The highest BCUT2D eigenvalue weighted by Crippen LogP contribution is 2.59. The van der Waals surface area contributed by atoms with Crippen LogP contribution in [0.4, 0.5) is 4.79 Å². The van der Waals surface area contributed by atoms with Crippen molar-refractivity contribution in [1.82, 2.24) is 0 Å². The number of nitrogens with two attached hydrogens (primary N) is 1. The quantitative estimate of drug-likeness (QED) is 0.162.